The Balaban J connectivity index is 1.37. The molecule has 0 bridgehead atoms. The van der Waals surface area contributed by atoms with Gasteiger partial charge < -0.3 is 20.1 Å². The summed E-state index contributed by atoms with van der Waals surface area (Å²) in [7, 11) is 0. The number of halogens is 1. The Morgan fingerprint density at radius 1 is 1.14 bits per heavy atom. The number of aliphatic hydroxyl groups is 1. The van der Waals surface area contributed by atoms with Crippen LogP contribution in [0.1, 0.15) is 17.4 Å². The average Bonchev–Trinajstić information content (AvgIpc) is 3.12. The molecule has 2 N–H and O–H groups in total. The molecular formula is C21H30ClN3O2S. The number of benzene rings is 1. The third-order valence-electron chi connectivity index (χ3n) is 4.98. The van der Waals surface area contributed by atoms with E-state index in [0.29, 0.717) is 13.2 Å². The maximum Gasteiger partial charge on any atom is 0.119 e. The fourth-order valence-corrected chi connectivity index (χ4v) is 4.41. The Hall–Kier alpha value is -1.15. The zero-order valence-electron chi connectivity index (χ0n) is 16.4. The lowest BCUT2D eigenvalue weighted by Crippen LogP contribution is -2.49. The molecule has 28 heavy (non-hydrogen) atoms. The van der Waals surface area contributed by atoms with Crippen molar-refractivity contribution in [2.24, 2.45) is 0 Å². The first kappa shape index (κ1) is 21.6. The van der Waals surface area contributed by atoms with Crippen molar-refractivity contribution in [2.45, 2.75) is 26.1 Å². The van der Waals surface area contributed by atoms with Crippen LogP contribution in [-0.2, 0) is 13.1 Å². The van der Waals surface area contributed by atoms with Crippen molar-refractivity contribution < 1.29 is 9.84 Å². The Morgan fingerprint density at radius 2 is 1.93 bits per heavy atom. The summed E-state index contributed by atoms with van der Waals surface area (Å²) in [5, 5.41) is 13.7. The third-order valence-corrected chi connectivity index (χ3v) is 6.21. The van der Waals surface area contributed by atoms with Gasteiger partial charge in [0, 0.05) is 50.7 Å². The standard InChI is InChI=1S/C21H30ClN3O2S/c1-2-24-8-10-25(11-9-24)15-18(26)16-27-19-5-3-4-17(12-19)13-23-14-20-6-7-21(22)28-20/h3-7,12,18,23,26H,2,8-11,13-16H2,1H3. The highest BCUT2D eigenvalue weighted by atomic mass is 35.5. The van der Waals surface area contributed by atoms with Gasteiger partial charge in [0.25, 0.3) is 0 Å². The minimum absolute atomic E-state index is 0.318. The molecular weight excluding hydrogens is 394 g/mol. The van der Waals surface area contributed by atoms with Crippen LogP contribution in [-0.4, -0.2) is 66.9 Å². The van der Waals surface area contributed by atoms with Gasteiger partial charge in [0.1, 0.15) is 18.5 Å². The molecule has 1 atom stereocenters. The number of thiophene rings is 1. The van der Waals surface area contributed by atoms with Crippen LogP contribution in [0.4, 0.5) is 0 Å². The maximum atomic E-state index is 10.3. The molecule has 7 heteroatoms. The Kier molecular flexibility index (Phi) is 8.58. The summed E-state index contributed by atoms with van der Waals surface area (Å²) >= 11 is 7.56. The number of hydrogen-bond acceptors (Lipinski definition) is 6. The fourth-order valence-electron chi connectivity index (χ4n) is 3.35. The van der Waals surface area contributed by atoms with Crippen LogP contribution in [0.5, 0.6) is 5.75 Å². The van der Waals surface area contributed by atoms with E-state index < -0.39 is 6.10 Å². The molecule has 0 radical (unpaired) electrons. The molecule has 154 valence electrons. The van der Waals surface area contributed by atoms with Crippen LogP contribution in [0.15, 0.2) is 36.4 Å². The van der Waals surface area contributed by atoms with Crippen LogP contribution >= 0.6 is 22.9 Å². The summed E-state index contributed by atoms with van der Waals surface area (Å²) in [6.45, 7) is 10.0. The van der Waals surface area contributed by atoms with Gasteiger partial charge in [0.05, 0.1) is 4.34 Å². The Morgan fingerprint density at radius 3 is 2.64 bits per heavy atom. The summed E-state index contributed by atoms with van der Waals surface area (Å²) in [5.74, 6) is 0.799. The number of piperazine rings is 1. The van der Waals surface area contributed by atoms with Gasteiger partial charge in [0.2, 0.25) is 0 Å². The van der Waals surface area contributed by atoms with Gasteiger partial charge >= 0.3 is 0 Å². The molecule has 0 amide bonds. The van der Waals surface area contributed by atoms with Crippen LogP contribution in [0, 0.1) is 0 Å². The molecule has 0 spiro atoms. The van der Waals surface area contributed by atoms with E-state index in [1.54, 1.807) is 11.3 Å². The maximum absolute atomic E-state index is 10.3. The molecule has 3 rings (SSSR count). The minimum atomic E-state index is -0.474. The minimum Gasteiger partial charge on any atom is -0.491 e. The second kappa shape index (κ2) is 11.1. The molecule has 1 aromatic carbocycles. The first-order chi connectivity index (χ1) is 13.6. The molecule has 1 aliphatic rings. The zero-order valence-corrected chi connectivity index (χ0v) is 18.0. The highest BCUT2D eigenvalue weighted by Gasteiger charge is 2.18. The van der Waals surface area contributed by atoms with Crippen molar-refractivity contribution in [1.29, 1.82) is 0 Å². The molecule has 1 fully saturated rings. The van der Waals surface area contributed by atoms with Gasteiger partial charge in [-0.1, -0.05) is 30.7 Å². The number of aliphatic hydroxyl groups excluding tert-OH is 1. The zero-order chi connectivity index (χ0) is 19.8. The first-order valence-electron chi connectivity index (χ1n) is 9.92. The van der Waals surface area contributed by atoms with Gasteiger partial charge in [-0.15, -0.1) is 11.3 Å². The van der Waals surface area contributed by atoms with E-state index >= 15 is 0 Å². The Labute approximate surface area is 176 Å². The number of β-amino-alcohol motifs (C(OH)–C–C–N with tert-alkyl or cyclic N) is 1. The summed E-state index contributed by atoms with van der Waals surface area (Å²) < 4.78 is 6.65. The number of hydrogen-bond donors (Lipinski definition) is 2. The van der Waals surface area contributed by atoms with Gasteiger partial charge in [0.15, 0.2) is 0 Å². The van der Waals surface area contributed by atoms with Gasteiger partial charge in [-0.3, -0.25) is 4.90 Å². The normalized spacial score (nSPS) is 17.0. The van der Waals surface area contributed by atoms with Crippen molar-refractivity contribution in [2.75, 3.05) is 45.9 Å². The van der Waals surface area contributed by atoms with Gasteiger partial charge in [-0.2, -0.15) is 0 Å². The average molecular weight is 424 g/mol. The number of rotatable bonds is 10. The number of nitrogens with one attached hydrogen (secondary N) is 1. The summed E-state index contributed by atoms with van der Waals surface area (Å²) in [6.07, 6.45) is -0.474. The summed E-state index contributed by atoms with van der Waals surface area (Å²) in [4.78, 5) is 5.98. The smallest absolute Gasteiger partial charge is 0.119 e. The quantitative estimate of drug-likeness (QED) is 0.615. The van der Waals surface area contributed by atoms with Crippen LogP contribution in [0.3, 0.4) is 0 Å². The van der Waals surface area contributed by atoms with Crippen molar-refractivity contribution in [3.8, 4) is 5.75 Å². The fraction of sp³-hybridized carbons (Fsp3) is 0.524. The first-order valence-corrected chi connectivity index (χ1v) is 11.1. The highest BCUT2D eigenvalue weighted by molar-refractivity contribution is 7.16. The second-order valence-electron chi connectivity index (χ2n) is 7.16. The predicted molar refractivity (Wildman–Crippen MR) is 116 cm³/mol. The van der Waals surface area contributed by atoms with E-state index in [2.05, 4.69) is 28.1 Å². The predicted octanol–water partition coefficient (Wildman–Crippen LogP) is 3.07. The van der Waals surface area contributed by atoms with Crippen molar-refractivity contribution >= 4 is 22.9 Å². The molecule has 1 saturated heterocycles. The molecule has 5 nitrogen and oxygen atoms in total. The molecule has 2 heterocycles. The lowest BCUT2D eigenvalue weighted by molar-refractivity contribution is 0.0471. The lowest BCUT2D eigenvalue weighted by atomic mass is 10.2. The largest absolute Gasteiger partial charge is 0.491 e. The molecule has 2 aromatic rings. The number of likely N-dealkylation sites (N-methyl/N-ethyl adjacent to an activating group) is 1. The van der Waals surface area contributed by atoms with Crippen LogP contribution in [0.25, 0.3) is 0 Å². The number of ether oxygens (including phenoxy) is 1. The number of nitrogens with zero attached hydrogens (tertiary/aromatic N) is 2. The molecule has 0 aliphatic carbocycles. The van der Waals surface area contributed by atoms with E-state index in [1.807, 2.05) is 30.3 Å². The topological polar surface area (TPSA) is 48.0 Å². The highest BCUT2D eigenvalue weighted by Crippen LogP contribution is 2.21. The monoisotopic (exact) mass is 423 g/mol. The third kappa shape index (κ3) is 7.03. The van der Waals surface area contributed by atoms with E-state index in [4.69, 9.17) is 16.3 Å². The summed E-state index contributed by atoms with van der Waals surface area (Å²) in [6, 6.07) is 12.0. The van der Waals surface area contributed by atoms with Crippen molar-refractivity contribution in [1.82, 2.24) is 15.1 Å². The van der Waals surface area contributed by atoms with Crippen LogP contribution < -0.4 is 10.1 Å². The lowest BCUT2D eigenvalue weighted by Gasteiger charge is -2.34. The second-order valence-corrected chi connectivity index (χ2v) is 8.96. The Bertz CT molecular complexity index is 719. The van der Waals surface area contributed by atoms with Gasteiger partial charge in [-0.25, -0.2) is 0 Å². The van der Waals surface area contributed by atoms with E-state index in [-0.39, 0.29) is 0 Å². The van der Waals surface area contributed by atoms with E-state index in [1.165, 1.54) is 4.88 Å². The molecule has 1 aliphatic heterocycles. The van der Waals surface area contributed by atoms with Crippen LogP contribution in [0.2, 0.25) is 4.34 Å². The van der Waals surface area contributed by atoms with E-state index in [9.17, 15) is 5.11 Å². The molecule has 0 saturated carbocycles. The summed E-state index contributed by atoms with van der Waals surface area (Å²) in [5.41, 5.74) is 1.16. The van der Waals surface area contributed by atoms with Crippen molar-refractivity contribution in [3.05, 3.63) is 51.2 Å². The molecule has 1 aromatic heterocycles. The van der Waals surface area contributed by atoms with Gasteiger partial charge in [-0.05, 0) is 36.4 Å². The molecule has 1 unspecified atom stereocenters. The SMILES string of the molecule is CCN1CCN(CC(O)COc2cccc(CNCc3ccc(Cl)s3)c2)CC1. The van der Waals surface area contributed by atoms with E-state index in [0.717, 1.165) is 61.5 Å². The van der Waals surface area contributed by atoms with Crippen molar-refractivity contribution in [3.63, 3.8) is 0 Å².